The highest BCUT2D eigenvalue weighted by Gasteiger charge is 2.53. The molecular formula is C37H55BF4N2O4S. The lowest BCUT2D eigenvalue weighted by Crippen LogP contribution is -2.45. The standard InChI is InChI=1S/C24H32N2O3.C13H23BF4OS/c1-15-14-26(11-12-28-15)23(27)29-17-4-6-18-16(13-17)3-5-20-19(18)9-10-24(2)21(20)7-8-22(24)25;1-6-10(2,3)11(4,5)20(19)9-7-8-12(15,16)13(14,17)18/h4,6,13,15,19-21,25H,3,5,7-12,14H2,1-2H3;6-9H2,1-5H3. The summed E-state index contributed by atoms with van der Waals surface area (Å²) in [7, 11) is 2.77. The number of rotatable bonds is 9. The van der Waals surface area contributed by atoms with Crippen LogP contribution in [0.3, 0.4) is 0 Å². The van der Waals surface area contributed by atoms with Crippen molar-refractivity contribution < 1.29 is 36.0 Å². The molecule has 3 fully saturated rings. The number of hydrogen-bond donors (Lipinski definition) is 1. The number of aryl methyl sites for hydroxylation is 1. The largest absolute Gasteiger partial charge is 0.415 e. The summed E-state index contributed by atoms with van der Waals surface area (Å²) in [6, 6.07) is 6.28. The molecule has 1 aromatic rings. The summed E-state index contributed by atoms with van der Waals surface area (Å²) in [6.45, 7) is 15.5. The van der Waals surface area contributed by atoms with Gasteiger partial charge in [-0.05, 0) is 119 Å². The van der Waals surface area contributed by atoms with E-state index in [4.69, 9.17) is 14.9 Å². The minimum absolute atomic E-state index is 0.0396. The quantitative estimate of drug-likeness (QED) is 0.205. The molecule has 2 saturated carbocycles. The van der Waals surface area contributed by atoms with Crippen LogP contribution < -0.4 is 4.74 Å². The second-order valence-corrected chi connectivity index (χ2v) is 18.1. The first-order valence-electron chi connectivity index (χ1n) is 17.9. The van der Waals surface area contributed by atoms with Crippen LogP contribution in [0.1, 0.15) is 117 Å². The lowest BCUT2D eigenvalue weighted by Gasteiger charge is -2.49. The van der Waals surface area contributed by atoms with Crippen LogP contribution in [0.5, 0.6) is 5.75 Å². The van der Waals surface area contributed by atoms with Gasteiger partial charge in [-0.3, -0.25) is 4.21 Å². The predicted molar refractivity (Wildman–Crippen MR) is 188 cm³/mol. The molecule has 49 heavy (non-hydrogen) atoms. The molecule has 1 amide bonds. The number of halogens is 4. The number of benzene rings is 1. The number of carbonyl (C=O) groups excluding carboxylic acids is 1. The van der Waals surface area contributed by atoms with Crippen LogP contribution in [0.15, 0.2) is 18.2 Å². The van der Waals surface area contributed by atoms with E-state index in [0.717, 1.165) is 31.4 Å². The second-order valence-electron chi connectivity index (χ2n) is 16.0. The molecule has 0 bridgehead atoms. The summed E-state index contributed by atoms with van der Waals surface area (Å²) in [5, 5.41) is 8.45. The number of alkyl halides is 4. The smallest absolute Gasteiger partial charge is 0.410 e. The molecule has 0 spiro atoms. The summed E-state index contributed by atoms with van der Waals surface area (Å²) in [5.74, 6) is -6.20. The van der Waals surface area contributed by atoms with Crippen LogP contribution in [0.25, 0.3) is 0 Å². The topological polar surface area (TPSA) is 79.7 Å². The lowest BCUT2D eigenvalue weighted by atomic mass is 9.55. The molecule has 1 aromatic carbocycles. The van der Waals surface area contributed by atoms with Crippen molar-refractivity contribution in [3.05, 3.63) is 29.3 Å². The number of morpholine rings is 1. The van der Waals surface area contributed by atoms with E-state index < -0.39 is 33.7 Å². The Labute approximate surface area is 294 Å². The third-order valence-electron chi connectivity index (χ3n) is 12.6. The molecule has 1 heterocycles. The Hall–Kier alpha value is -1.95. The molecule has 274 valence electrons. The normalized spacial score (nSPS) is 28.1. The van der Waals surface area contributed by atoms with E-state index in [1.54, 1.807) is 4.90 Å². The van der Waals surface area contributed by atoms with Crippen LogP contribution in [0.4, 0.5) is 22.4 Å². The average Bonchev–Trinajstić information content (AvgIpc) is 3.34. The van der Waals surface area contributed by atoms with Gasteiger partial charge in [0.15, 0.2) is 7.85 Å². The molecule has 2 radical (unpaired) electrons. The van der Waals surface area contributed by atoms with Gasteiger partial charge in [0.25, 0.3) is 11.7 Å². The summed E-state index contributed by atoms with van der Waals surface area (Å²) < 4.78 is 73.8. The SMILES string of the molecule is CC1CN(C(=O)Oc2ccc3c(c2)CCC2C3CCC3(C)C(=N)CCC23)CCO1.[B]C(F)(F)C(F)(F)CCCS(=O)C(C)(C)C(C)(C)CC. The summed E-state index contributed by atoms with van der Waals surface area (Å²) in [5.41, 5.74) is 3.71. The van der Waals surface area contributed by atoms with Crippen molar-refractivity contribution in [1.29, 1.82) is 5.41 Å². The molecule has 6 unspecified atom stereocenters. The van der Waals surface area contributed by atoms with Gasteiger partial charge in [0.2, 0.25) is 0 Å². The van der Waals surface area contributed by atoms with Gasteiger partial charge in [-0.2, -0.15) is 0 Å². The minimum Gasteiger partial charge on any atom is -0.410 e. The maximum Gasteiger partial charge on any atom is 0.415 e. The molecule has 6 atom stereocenters. The van der Waals surface area contributed by atoms with Gasteiger partial charge in [0, 0.05) is 45.4 Å². The number of hydrogen-bond acceptors (Lipinski definition) is 5. The number of nitrogens with one attached hydrogen (secondary N) is 1. The van der Waals surface area contributed by atoms with Gasteiger partial charge >= 0.3 is 6.09 Å². The first kappa shape index (κ1) is 39.8. The molecular weight excluding hydrogens is 655 g/mol. The van der Waals surface area contributed by atoms with Gasteiger partial charge in [-0.15, -0.1) is 0 Å². The van der Waals surface area contributed by atoms with Crippen LogP contribution in [0, 0.1) is 28.1 Å². The van der Waals surface area contributed by atoms with Crippen LogP contribution in [-0.4, -0.2) is 76.8 Å². The predicted octanol–water partition coefficient (Wildman–Crippen LogP) is 8.91. The van der Waals surface area contributed by atoms with Crippen molar-refractivity contribution in [1.82, 2.24) is 4.90 Å². The zero-order chi connectivity index (χ0) is 36.6. The van der Waals surface area contributed by atoms with Crippen LogP contribution >= 0.6 is 0 Å². The molecule has 0 aromatic heterocycles. The fourth-order valence-corrected chi connectivity index (χ4v) is 9.84. The number of ether oxygens (including phenoxy) is 2. The number of amides is 1. The van der Waals surface area contributed by atoms with Gasteiger partial charge < -0.3 is 19.8 Å². The number of fused-ring (bicyclic) bond motifs is 5. The zero-order valence-corrected chi connectivity index (χ0v) is 31.1. The molecule has 12 heteroatoms. The highest BCUT2D eigenvalue weighted by atomic mass is 32.2. The average molecular weight is 711 g/mol. The monoisotopic (exact) mass is 710 g/mol. The molecule has 1 saturated heterocycles. The fraction of sp³-hybridized carbons (Fsp3) is 0.784. The highest BCUT2D eigenvalue weighted by Crippen LogP contribution is 2.59. The Morgan fingerprint density at radius 1 is 1.14 bits per heavy atom. The van der Waals surface area contributed by atoms with E-state index in [-0.39, 0.29) is 35.2 Å². The van der Waals surface area contributed by atoms with Crippen molar-refractivity contribution in [2.45, 2.75) is 135 Å². The fourth-order valence-electron chi connectivity index (χ4n) is 8.17. The van der Waals surface area contributed by atoms with Crippen molar-refractivity contribution in [3.8, 4) is 5.75 Å². The summed E-state index contributed by atoms with van der Waals surface area (Å²) in [4.78, 5) is 14.3. The Bertz CT molecular complexity index is 1390. The van der Waals surface area contributed by atoms with Crippen molar-refractivity contribution >= 4 is 30.5 Å². The Kier molecular flexibility index (Phi) is 12.2. The molecule has 1 N–H and O–H groups in total. The van der Waals surface area contributed by atoms with Crippen molar-refractivity contribution in [3.63, 3.8) is 0 Å². The third-order valence-corrected chi connectivity index (χ3v) is 14.9. The molecule has 6 nitrogen and oxygen atoms in total. The third kappa shape index (κ3) is 8.42. The molecule has 4 aliphatic rings. The van der Waals surface area contributed by atoms with E-state index in [2.05, 4.69) is 26.9 Å². The van der Waals surface area contributed by atoms with Gasteiger partial charge in [-0.1, -0.05) is 33.8 Å². The Morgan fingerprint density at radius 3 is 2.47 bits per heavy atom. The Morgan fingerprint density at radius 2 is 1.84 bits per heavy atom. The maximum absolute atomic E-state index is 13.0. The molecule has 3 aliphatic carbocycles. The molecule has 1 aliphatic heterocycles. The summed E-state index contributed by atoms with van der Waals surface area (Å²) in [6.07, 6.45) is 6.01. The van der Waals surface area contributed by atoms with E-state index in [9.17, 15) is 26.6 Å². The first-order chi connectivity index (χ1) is 22.6. The minimum atomic E-state index is -4.54. The van der Waals surface area contributed by atoms with E-state index >= 15 is 0 Å². The van der Waals surface area contributed by atoms with Crippen LogP contribution in [0.2, 0.25) is 0 Å². The van der Waals surface area contributed by atoms with Crippen LogP contribution in [-0.2, 0) is 22.0 Å². The van der Waals surface area contributed by atoms with Crippen molar-refractivity contribution in [2.75, 3.05) is 25.4 Å². The maximum atomic E-state index is 13.0. The Balaban J connectivity index is 0.000000240. The second kappa shape index (κ2) is 15.0. The lowest BCUT2D eigenvalue weighted by molar-refractivity contribution is -0.161. The first-order valence-corrected chi connectivity index (χ1v) is 19.2. The molecule has 5 rings (SSSR count). The summed E-state index contributed by atoms with van der Waals surface area (Å²) >= 11 is 0. The van der Waals surface area contributed by atoms with E-state index in [0.29, 0.717) is 43.2 Å². The van der Waals surface area contributed by atoms with Gasteiger partial charge in [-0.25, -0.2) is 22.4 Å². The van der Waals surface area contributed by atoms with E-state index in [1.807, 2.05) is 47.6 Å². The highest BCUT2D eigenvalue weighted by molar-refractivity contribution is 7.86. The number of nitrogens with zero attached hydrogens (tertiary/aromatic N) is 1. The van der Waals surface area contributed by atoms with Gasteiger partial charge in [0.1, 0.15) is 5.75 Å². The van der Waals surface area contributed by atoms with E-state index in [1.165, 1.54) is 30.4 Å². The zero-order valence-electron chi connectivity index (χ0n) is 30.3. The van der Waals surface area contributed by atoms with Crippen molar-refractivity contribution in [2.24, 2.45) is 22.7 Å². The van der Waals surface area contributed by atoms with Gasteiger partial charge in [0.05, 0.1) is 19.3 Å². The number of carbonyl (C=O) groups is 1.